The van der Waals surface area contributed by atoms with Crippen LogP contribution in [-0.4, -0.2) is 59.8 Å². The molecule has 1 unspecified atom stereocenters. The Hall–Kier alpha value is -2.15. The molecule has 2 aromatic rings. The van der Waals surface area contributed by atoms with E-state index in [-0.39, 0.29) is 5.91 Å². The van der Waals surface area contributed by atoms with E-state index < -0.39 is 0 Å². The first-order chi connectivity index (χ1) is 12.7. The van der Waals surface area contributed by atoms with Crippen molar-refractivity contribution in [1.82, 2.24) is 15.1 Å². The number of piperidine rings is 1. The van der Waals surface area contributed by atoms with Gasteiger partial charge in [-0.05, 0) is 49.8 Å². The SMILES string of the molecule is CC1CCCCN1c1ccc(N2CCN(C(=O)c3ccsc3)CC2)nn1. The molecule has 6 nitrogen and oxygen atoms in total. The molecule has 0 aromatic carbocycles. The van der Waals surface area contributed by atoms with Gasteiger partial charge in [0.05, 0.1) is 5.56 Å². The Labute approximate surface area is 158 Å². The van der Waals surface area contributed by atoms with E-state index in [2.05, 4.69) is 39.1 Å². The normalized spacial score (nSPS) is 21.1. The van der Waals surface area contributed by atoms with Crippen molar-refractivity contribution in [3.05, 3.63) is 34.5 Å². The van der Waals surface area contributed by atoms with E-state index in [4.69, 9.17) is 0 Å². The highest BCUT2D eigenvalue weighted by atomic mass is 32.1. The predicted octanol–water partition coefficient (Wildman–Crippen LogP) is 2.88. The van der Waals surface area contributed by atoms with Crippen LogP contribution in [0.5, 0.6) is 0 Å². The Kier molecular flexibility index (Phi) is 5.06. The smallest absolute Gasteiger partial charge is 0.254 e. The summed E-state index contributed by atoms with van der Waals surface area (Å²) in [5.41, 5.74) is 0.795. The van der Waals surface area contributed by atoms with Gasteiger partial charge in [0, 0.05) is 44.1 Å². The molecule has 2 fully saturated rings. The third-order valence-electron chi connectivity index (χ3n) is 5.39. The topological polar surface area (TPSA) is 52.6 Å². The summed E-state index contributed by atoms with van der Waals surface area (Å²) in [4.78, 5) is 18.9. The monoisotopic (exact) mass is 371 g/mol. The van der Waals surface area contributed by atoms with Gasteiger partial charge in [-0.15, -0.1) is 10.2 Å². The number of carbonyl (C=O) groups is 1. The summed E-state index contributed by atoms with van der Waals surface area (Å²) in [7, 11) is 0. The Morgan fingerprint density at radius 2 is 1.81 bits per heavy atom. The third-order valence-corrected chi connectivity index (χ3v) is 6.08. The largest absolute Gasteiger partial charge is 0.352 e. The van der Waals surface area contributed by atoms with Crippen LogP contribution in [0.4, 0.5) is 11.6 Å². The van der Waals surface area contributed by atoms with E-state index in [0.29, 0.717) is 6.04 Å². The molecular formula is C19H25N5OS. The lowest BCUT2D eigenvalue weighted by Gasteiger charge is -2.36. The Morgan fingerprint density at radius 3 is 2.46 bits per heavy atom. The van der Waals surface area contributed by atoms with Crippen molar-refractivity contribution in [2.75, 3.05) is 42.5 Å². The molecule has 4 heterocycles. The molecule has 2 aromatic heterocycles. The van der Waals surface area contributed by atoms with E-state index in [1.807, 2.05) is 21.7 Å². The quantitative estimate of drug-likeness (QED) is 0.830. The molecule has 2 saturated heterocycles. The molecular weight excluding hydrogens is 346 g/mol. The molecule has 2 aliphatic heterocycles. The standard InChI is InChI=1S/C19H25N5OS/c1-15-4-2-3-8-24(15)18-6-5-17(20-21-18)22-9-11-23(12-10-22)19(25)16-7-13-26-14-16/h5-7,13-15H,2-4,8-12H2,1H3. The molecule has 4 rings (SSSR count). The Bertz CT molecular complexity index is 725. The maximum atomic E-state index is 12.4. The van der Waals surface area contributed by atoms with Crippen LogP contribution in [0.1, 0.15) is 36.5 Å². The second kappa shape index (κ2) is 7.61. The summed E-state index contributed by atoms with van der Waals surface area (Å²) < 4.78 is 0. The van der Waals surface area contributed by atoms with E-state index in [1.165, 1.54) is 19.3 Å². The number of aromatic nitrogens is 2. The van der Waals surface area contributed by atoms with Gasteiger partial charge in [0.15, 0.2) is 11.6 Å². The highest BCUT2D eigenvalue weighted by Gasteiger charge is 2.24. The molecule has 7 heteroatoms. The van der Waals surface area contributed by atoms with Crippen molar-refractivity contribution in [2.45, 2.75) is 32.2 Å². The van der Waals surface area contributed by atoms with Gasteiger partial charge in [-0.3, -0.25) is 4.79 Å². The summed E-state index contributed by atoms with van der Waals surface area (Å²) in [6.45, 7) is 6.37. The van der Waals surface area contributed by atoms with Gasteiger partial charge in [0.25, 0.3) is 5.91 Å². The van der Waals surface area contributed by atoms with Gasteiger partial charge in [0.1, 0.15) is 0 Å². The van der Waals surface area contributed by atoms with Gasteiger partial charge in [0.2, 0.25) is 0 Å². The fourth-order valence-corrected chi connectivity index (χ4v) is 4.42. The predicted molar refractivity (Wildman–Crippen MR) is 105 cm³/mol. The van der Waals surface area contributed by atoms with Crippen molar-refractivity contribution in [3.63, 3.8) is 0 Å². The van der Waals surface area contributed by atoms with Crippen molar-refractivity contribution in [1.29, 1.82) is 0 Å². The average molecular weight is 372 g/mol. The summed E-state index contributed by atoms with van der Waals surface area (Å²) in [5, 5.41) is 12.8. The van der Waals surface area contributed by atoms with Gasteiger partial charge in [-0.25, -0.2) is 0 Å². The van der Waals surface area contributed by atoms with Crippen LogP contribution in [0.3, 0.4) is 0 Å². The van der Waals surface area contributed by atoms with Crippen LogP contribution < -0.4 is 9.80 Å². The van der Waals surface area contributed by atoms with E-state index >= 15 is 0 Å². The first-order valence-corrected chi connectivity index (χ1v) is 10.3. The zero-order chi connectivity index (χ0) is 17.9. The summed E-state index contributed by atoms with van der Waals surface area (Å²) >= 11 is 1.56. The Balaban J connectivity index is 1.36. The minimum absolute atomic E-state index is 0.131. The van der Waals surface area contributed by atoms with Crippen LogP contribution in [0.2, 0.25) is 0 Å². The lowest BCUT2D eigenvalue weighted by molar-refractivity contribution is 0.0747. The zero-order valence-electron chi connectivity index (χ0n) is 15.2. The number of piperazine rings is 1. The molecule has 0 radical (unpaired) electrons. The van der Waals surface area contributed by atoms with Crippen LogP contribution in [0.15, 0.2) is 29.0 Å². The number of thiophene rings is 1. The average Bonchev–Trinajstić information content (AvgIpc) is 3.23. The highest BCUT2D eigenvalue weighted by molar-refractivity contribution is 7.08. The summed E-state index contributed by atoms with van der Waals surface area (Å²) in [6, 6.07) is 6.59. The van der Waals surface area contributed by atoms with E-state index in [9.17, 15) is 4.79 Å². The molecule has 0 saturated carbocycles. The number of anilines is 2. The minimum atomic E-state index is 0.131. The third kappa shape index (κ3) is 3.53. The number of hydrogen-bond acceptors (Lipinski definition) is 6. The number of rotatable bonds is 3. The second-order valence-electron chi connectivity index (χ2n) is 7.08. The van der Waals surface area contributed by atoms with Crippen molar-refractivity contribution < 1.29 is 4.79 Å². The molecule has 0 bridgehead atoms. The zero-order valence-corrected chi connectivity index (χ0v) is 16.0. The highest BCUT2D eigenvalue weighted by Crippen LogP contribution is 2.24. The molecule has 1 amide bonds. The molecule has 26 heavy (non-hydrogen) atoms. The van der Waals surface area contributed by atoms with E-state index in [0.717, 1.165) is 49.9 Å². The number of carbonyl (C=O) groups excluding carboxylic acids is 1. The number of nitrogens with zero attached hydrogens (tertiary/aromatic N) is 5. The van der Waals surface area contributed by atoms with Crippen LogP contribution in [-0.2, 0) is 0 Å². The maximum absolute atomic E-state index is 12.4. The van der Waals surface area contributed by atoms with Gasteiger partial charge in [-0.2, -0.15) is 11.3 Å². The fraction of sp³-hybridized carbons (Fsp3) is 0.526. The fourth-order valence-electron chi connectivity index (χ4n) is 3.79. The van der Waals surface area contributed by atoms with Crippen LogP contribution in [0.25, 0.3) is 0 Å². The minimum Gasteiger partial charge on any atom is -0.352 e. The first kappa shape index (κ1) is 17.3. The molecule has 1 atom stereocenters. The molecule has 0 N–H and O–H groups in total. The lowest BCUT2D eigenvalue weighted by atomic mass is 10.0. The number of amides is 1. The molecule has 2 aliphatic rings. The lowest BCUT2D eigenvalue weighted by Crippen LogP contribution is -2.49. The molecule has 138 valence electrons. The van der Waals surface area contributed by atoms with Crippen molar-refractivity contribution in [3.8, 4) is 0 Å². The maximum Gasteiger partial charge on any atom is 0.254 e. The molecule has 0 spiro atoms. The van der Waals surface area contributed by atoms with Gasteiger partial charge < -0.3 is 14.7 Å². The first-order valence-electron chi connectivity index (χ1n) is 9.39. The second-order valence-corrected chi connectivity index (χ2v) is 7.86. The van der Waals surface area contributed by atoms with Gasteiger partial charge >= 0.3 is 0 Å². The van der Waals surface area contributed by atoms with Crippen molar-refractivity contribution in [2.24, 2.45) is 0 Å². The van der Waals surface area contributed by atoms with Crippen LogP contribution >= 0.6 is 11.3 Å². The Morgan fingerprint density at radius 1 is 1.04 bits per heavy atom. The number of hydrogen-bond donors (Lipinski definition) is 0. The van der Waals surface area contributed by atoms with Crippen molar-refractivity contribution >= 4 is 28.9 Å². The van der Waals surface area contributed by atoms with Gasteiger partial charge in [-0.1, -0.05) is 0 Å². The van der Waals surface area contributed by atoms with E-state index in [1.54, 1.807) is 11.3 Å². The molecule has 0 aliphatic carbocycles. The van der Waals surface area contributed by atoms with Crippen LogP contribution in [0, 0.1) is 0 Å². The summed E-state index contributed by atoms with van der Waals surface area (Å²) in [5.74, 6) is 2.01. The summed E-state index contributed by atoms with van der Waals surface area (Å²) in [6.07, 6.45) is 3.76.